The highest BCUT2D eigenvalue weighted by molar-refractivity contribution is 4.73. The molecular formula is C13H28N2O. The number of piperidine rings is 1. The molecule has 0 aliphatic carbocycles. The van der Waals surface area contributed by atoms with Gasteiger partial charge in [-0.3, -0.25) is 0 Å². The molecule has 0 radical (unpaired) electrons. The third-order valence-corrected chi connectivity index (χ3v) is 3.56. The highest BCUT2D eigenvalue weighted by Gasteiger charge is 2.18. The molecule has 3 nitrogen and oxygen atoms in total. The molecule has 1 rings (SSSR count). The molecule has 3 heteroatoms. The largest absolute Gasteiger partial charge is 0.396 e. The van der Waals surface area contributed by atoms with E-state index < -0.39 is 0 Å². The van der Waals surface area contributed by atoms with Crippen molar-refractivity contribution < 1.29 is 5.11 Å². The highest BCUT2D eigenvalue weighted by atomic mass is 16.2. The van der Waals surface area contributed by atoms with Crippen LogP contribution in [0.1, 0.15) is 44.9 Å². The first kappa shape index (κ1) is 13.9. The van der Waals surface area contributed by atoms with Gasteiger partial charge in [0.05, 0.1) is 0 Å². The van der Waals surface area contributed by atoms with Gasteiger partial charge in [-0.1, -0.05) is 12.8 Å². The van der Waals surface area contributed by atoms with Crippen LogP contribution >= 0.6 is 0 Å². The summed E-state index contributed by atoms with van der Waals surface area (Å²) in [7, 11) is 0. The zero-order valence-corrected chi connectivity index (χ0v) is 10.5. The molecule has 0 bridgehead atoms. The van der Waals surface area contributed by atoms with Crippen molar-refractivity contribution in [1.29, 1.82) is 0 Å². The van der Waals surface area contributed by atoms with Crippen molar-refractivity contribution in [3.8, 4) is 0 Å². The van der Waals surface area contributed by atoms with Gasteiger partial charge in [-0.05, 0) is 57.7 Å². The SMILES string of the molecule is NCCC1CCCN(CCCCCCO)C1. The second-order valence-electron chi connectivity index (χ2n) is 5.02. The fraction of sp³-hybridized carbons (Fsp3) is 1.00. The van der Waals surface area contributed by atoms with Crippen LogP contribution in [-0.2, 0) is 0 Å². The first-order valence-corrected chi connectivity index (χ1v) is 6.90. The van der Waals surface area contributed by atoms with E-state index in [9.17, 15) is 0 Å². The minimum absolute atomic E-state index is 0.349. The lowest BCUT2D eigenvalue weighted by molar-refractivity contribution is 0.166. The Morgan fingerprint density at radius 1 is 1.19 bits per heavy atom. The lowest BCUT2D eigenvalue weighted by Crippen LogP contribution is -2.36. The molecule has 1 saturated heterocycles. The van der Waals surface area contributed by atoms with Crippen molar-refractivity contribution in [2.45, 2.75) is 44.9 Å². The number of hydrogen-bond donors (Lipinski definition) is 2. The second kappa shape index (κ2) is 8.97. The van der Waals surface area contributed by atoms with Gasteiger partial charge in [0.2, 0.25) is 0 Å². The van der Waals surface area contributed by atoms with E-state index in [2.05, 4.69) is 4.90 Å². The van der Waals surface area contributed by atoms with Crippen molar-refractivity contribution >= 4 is 0 Å². The molecule has 0 aromatic heterocycles. The normalized spacial score (nSPS) is 22.5. The van der Waals surface area contributed by atoms with Gasteiger partial charge in [-0.2, -0.15) is 0 Å². The number of likely N-dealkylation sites (tertiary alicyclic amines) is 1. The van der Waals surface area contributed by atoms with Crippen molar-refractivity contribution in [3.63, 3.8) is 0 Å². The molecule has 16 heavy (non-hydrogen) atoms. The molecular weight excluding hydrogens is 200 g/mol. The summed E-state index contributed by atoms with van der Waals surface area (Å²) in [5, 5.41) is 8.69. The maximum atomic E-state index is 8.69. The van der Waals surface area contributed by atoms with E-state index in [1.54, 1.807) is 0 Å². The number of aliphatic hydroxyl groups excluding tert-OH is 1. The van der Waals surface area contributed by atoms with Gasteiger partial charge < -0.3 is 15.7 Å². The monoisotopic (exact) mass is 228 g/mol. The van der Waals surface area contributed by atoms with Gasteiger partial charge in [0.25, 0.3) is 0 Å². The smallest absolute Gasteiger partial charge is 0.0431 e. The average Bonchev–Trinajstić information content (AvgIpc) is 2.30. The van der Waals surface area contributed by atoms with Crippen LogP contribution in [0.2, 0.25) is 0 Å². The Labute approximate surface area is 100 Å². The van der Waals surface area contributed by atoms with E-state index >= 15 is 0 Å². The lowest BCUT2D eigenvalue weighted by Gasteiger charge is -2.32. The Hall–Kier alpha value is -0.120. The van der Waals surface area contributed by atoms with Crippen molar-refractivity contribution in [2.24, 2.45) is 11.7 Å². The van der Waals surface area contributed by atoms with Gasteiger partial charge in [0.1, 0.15) is 0 Å². The minimum atomic E-state index is 0.349. The maximum absolute atomic E-state index is 8.69. The fourth-order valence-corrected chi connectivity index (χ4v) is 2.63. The Bertz CT molecular complexity index is 162. The van der Waals surface area contributed by atoms with E-state index in [1.165, 1.54) is 58.2 Å². The van der Waals surface area contributed by atoms with Crippen molar-refractivity contribution in [2.75, 3.05) is 32.8 Å². The van der Waals surface area contributed by atoms with Crippen LogP contribution in [0.3, 0.4) is 0 Å². The van der Waals surface area contributed by atoms with Crippen molar-refractivity contribution in [3.05, 3.63) is 0 Å². The first-order valence-electron chi connectivity index (χ1n) is 6.90. The fourth-order valence-electron chi connectivity index (χ4n) is 2.63. The molecule has 0 aromatic rings. The highest BCUT2D eigenvalue weighted by Crippen LogP contribution is 2.19. The first-order chi connectivity index (χ1) is 7.86. The molecule has 0 saturated carbocycles. The molecule has 1 fully saturated rings. The summed E-state index contributed by atoms with van der Waals surface area (Å²) in [5.74, 6) is 0.844. The Kier molecular flexibility index (Phi) is 7.81. The number of aliphatic hydroxyl groups is 1. The van der Waals surface area contributed by atoms with E-state index in [1.807, 2.05) is 0 Å². The van der Waals surface area contributed by atoms with Crippen LogP contribution in [-0.4, -0.2) is 42.8 Å². The Balaban J connectivity index is 2.02. The van der Waals surface area contributed by atoms with Gasteiger partial charge in [0.15, 0.2) is 0 Å². The van der Waals surface area contributed by atoms with Crippen LogP contribution in [0.5, 0.6) is 0 Å². The average molecular weight is 228 g/mol. The van der Waals surface area contributed by atoms with E-state index in [-0.39, 0.29) is 0 Å². The predicted molar refractivity (Wildman–Crippen MR) is 68.4 cm³/mol. The summed E-state index contributed by atoms with van der Waals surface area (Å²) in [6.07, 6.45) is 8.61. The van der Waals surface area contributed by atoms with Gasteiger partial charge >= 0.3 is 0 Å². The summed E-state index contributed by atoms with van der Waals surface area (Å²) >= 11 is 0. The van der Waals surface area contributed by atoms with Gasteiger partial charge in [-0.15, -0.1) is 0 Å². The molecule has 0 amide bonds. The molecule has 96 valence electrons. The quantitative estimate of drug-likeness (QED) is 0.620. The van der Waals surface area contributed by atoms with Gasteiger partial charge in [0, 0.05) is 13.2 Å². The van der Waals surface area contributed by atoms with E-state index in [0.717, 1.165) is 18.9 Å². The van der Waals surface area contributed by atoms with Crippen LogP contribution < -0.4 is 5.73 Å². The van der Waals surface area contributed by atoms with Crippen LogP contribution in [0.4, 0.5) is 0 Å². The molecule has 1 aliphatic heterocycles. The standard InChI is InChI=1S/C13H28N2O/c14-8-7-13-6-5-10-15(12-13)9-3-1-2-4-11-16/h13,16H,1-12,14H2. The number of hydrogen-bond acceptors (Lipinski definition) is 3. The van der Waals surface area contributed by atoms with Crippen LogP contribution in [0.15, 0.2) is 0 Å². The summed E-state index contributed by atoms with van der Waals surface area (Å²) in [5.41, 5.74) is 5.62. The van der Waals surface area contributed by atoms with E-state index in [4.69, 9.17) is 10.8 Å². The zero-order valence-electron chi connectivity index (χ0n) is 10.5. The number of rotatable bonds is 8. The molecule has 1 aliphatic rings. The second-order valence-corrected chi connectivity index (χ2v) is 5.02. The maximum Gasteiger partial charge on any atom is 0.0431 e. The number of nitrogens with zero attached hydrogens (tertiary/aromatic N) is 1. The Morgan fingerprint density at radius 3 is 2.75 bits per heavy atom. The molecule has 1 unspecified atom stereocenters. The molecule has 1 atom stereocenters. The predicted octanol–water partition coefficient (Wildman–Crippen LogP) is 1.60. The zero-order chi connectivity index (χ0) is 11.6. The molecule has 0 spiro atoms. The number of unbranched alkanes of at least 4 members (excludes halogenated alkanes) is 3. The lowest BCUT2D eigenvalue weighted by atomic mass is 9.94. The molecule has 3 N–H and O–H groups in total. The Morgan fingerprint density at radius 2 is 2.00 bits per heavy atom. The summed E-state index contributed by atoms with van der Waals surface area (Å²) < 4.78 is 0. The van der Waals surface area contributed by atoms with E-state index in [0.29, 0.717) is 6.61 Å². The molecule has 0 aromatic carbocycles. The third-order valence-electron chi connectivity index (χ3n) is 3.56. The topological polar surface area (TPSA) is 49.5 Å². The summed E-state index contributed by atoms with van der Waals surface area (Å²) in [6.45, 7) is 4.97. The van der Waals surface area contributed by atoms with Crippen LogP contribution in [0, 0.1) is 5.92 Å². The molecule has 1 heterocycles. The van der Waals surface area contributed by atoms with Crippen LogP contribution in [0.25, 0.3) is 0 Å². The number of nitrogens with two attached hydrogens (primary N) is 1. The van der Waals surface area contributed by atoms with Gasteiger partial charge in [-0.25, -0.2) is 0 Å². The third kappa shape index (κ3) is 5.83. The summed E-state index contributed by atoms with van der Waals surface area (Å²) in [4.78, 5) is 2.60. The minimum Gasteiger partial charge on any atom is -0.396 e. The van der Waals surface area contributed by atoms with Crippen molar-refractivity contribution in [1.82, 2.24) is 4.90 Å². The summed E-state index contributed by atoms with van der Waals surface area (Å²) in [6, 6.07) is 0.